The van der Waals surface area contributed by atoms with Gasteiger partial charge in [-0.3, -0.25) is 4.79 Å². The second-order valence-corrected chi connectivity index (χ2v) is 5.36. The number of carbonyl (C=O) groups is 1. The zero-order chi connectivity index (χ0) is 15.5. The first-order valence-electron chi connectivity index (χ1n) is 7.71. The summed E-state index contributed by atoms with van der Waals surface area (Å²) in [6.07, 6.45) is 4.24. The molecule has 0 aliphatic carbocycles. The van der Waals surface area contributed by atoms with Crippen molar-refractivity contribution in [3.8, 4) is 5.75 Å². The summed E-state index contributed by atoms with van der Waals surface area (Å²) in [7, 11) is 0. The van der Waals surface area contributed by atoms with E-state index < -0.39 is 0 Å². The Bertz CT molecular complexity index is 432. The number of hydrogen-bond donors (Lipinski definition) is 2. The third-order valence-electron chi connectivity index (χ3n) is 3.32. The van der Waals surface area contributed by atoms with Crippen LogP contribution >= 0.6 is 0 Å². The Morgan fingerprint density at radius 1 is 1.19 bits per heavy atom. The highest BCUT2D eigenvalue weighted by Gasteiger charge is 2.03. The van der Waals surface area contributed by atoms with Crippen molar-refractivity contribution in [1.82, 2.24) is 5.32 Å². The smallest absolute Gasteiger partial charge is 0.223 e. The third-order valence-corrected chi connectivity index (χ3v) is 3.32. The van der Waals surface area contributed by atoms with E-state index in [1.807, 2.05) is 26.0 Å². The highest BCUT2D eigenvalue weighted by molar-refractivity contribution is 5.75. The molecule has 0 saturated heterocycles. The highest BCUT2D eigenvalue weighted by Crippen LogP contribution is 2.18. The summed E-state index contributed by atoms with van der Waals surface area (Å²) in [6, 6.07) is 6.03. The summed E-state index contributed by atoms with van der Waals surface area (Å²) in [6.45, 7) is 5.41. The van der Waals surface area contributed by atoms with Crippen molar-refractivity contribution in [3.63, 3.8) is 0 Å². The molecule has 0 heterocycles. The SMILES string of the molecule is Cc1ccc(OCCC(=O)NCCCCCCO)c(C)c1. The molecule has 0 saturated carbocycles. The lowest BCUT2D eigenvalue weighted by Crippen LogP contribution is -2.25. The number of hydrogen-bond acceptors (Lipinski definition) is 3. The van der Waals surface area contributed by atoms with Gasteiger partial charge in [0.25, 0.3) is 0 Å². The van der Waals surface area contributed by atoms with Crippen LogP contribution in [0.15, 0.2) is 18.2 Å². The molecule has 0 bridgehead atoms. The number of unbranched alkanes of at least 4 members (excludes halogenated alkanes) is 3. The van der Waals surface area contributed by atoms with Crippen molar-refractivity contribution < 1.29 is 14.6 Å². The Balaban J connectivity index is 2.10. The van der Waals surface area contributed by atoms with Gasteiger partial charge in [-0.25, -0.2) is 0 Å². The van der Waals surface area contributed by atoms with Crippen molar-refractivity contribution in [3.05, 3.63) is 29.3 Å². The number of amides is 1. The maximum Gasteiger partial charge on any atom is 0.223 e. The number of aliphatic hydroxyl groups is 1. The largest absolute Gasteiger partial charge is 0.493 e. The lowest BCUT2D eigenvalue weighted by Gasteiger charge is -2.10. The Hall–Kier alpha value is -1.55. The van der Waals surface area contributed by atoms with Gasteiger partial charge in [-0.15, -0.1) is 0 Å². The molecule has 0 aliphatic rings. The van der Waals surface area contributed by atoms with Crippen LogP contribution in [0.1, 0.15) is 43.2 Å². The van der Waals surface area contributed by atoms with Crippen LogP contribution in [0.2, 0.25) is 0 Å². The average molecular weight is 293 g/mol. The minimum absolute atomic E-state index is 0.0296. The molecule has 0 fully saturated rings. The van der Waals surface area contributed by atoms with Gasteiger partial charge in [0, 0.05) is 13.2 Å². The summed E-state index contributed by atoms with van der Waals surface area (Å²) < 4.78 is 5.63. The van der Waals surface area contributed by atoms with E-state index in [1.54, 1.807) is 0 Å². The highest BCUT2D eigenvalue weighted by atomic mass is 16.5. The van der Waals surface area contributed by atoms with E-state index >= 15 is 0 Å². The number of nitrogens with one attached hydrogen (secondary N) is 1. The van der Waals surface area contributed by atoms with Gasteiger partial charge in [0.1, 0.15) is 5.75 Å². The molecule has 4 nitrogen and oxygen atoms in total. The zero-order valence-corrected chi connectivity index (χ0v) is 13.2. The Morgan fingerprint density at radius 2 is 1.95 bits per heavy atom. The van der Waals surface area contributed by atoms with Crippen molar-refractivity contribution in [2.24, 2.45) is 0 Å². The molecule has 0 unspecified atom stereocenters. The molecule has 1 aromatic rings. The molecule has 4 heteroatoms. The number of ether oxygens (including phenoxy) is 1. The van der Waals surface area contributed by atoms with Gasteiger partial charge in [-0.05, 0) is 38.3 Å². The van der Waals surface area contributed by atoms with E-state index in [4.69, 9.17) is 9.84 Å². The number of carbonyl (C=O) groups excluding carboxylic acids is 1. The van der Waals surface area contributed by atoms with Crippen LogP contribution in [0.5, 0.6) is 5.75 Å². The van der Waals surface area contributed by atoms with Gasteiger partial charge >= 0.3 is 0 Å². The fourth-order valence-electron chi connectivity index (χ4n) is 2.12. The molecule has 1 rings (SSSR count). The predicted molar refractivity (Wildman–Crippen MR) is 84.6 cm³/mol. The molecular formula is C17H27NO3. The van der Waals surface area contributed by atoms with Crippen LogP contribution in [0.4, 0.5) is 0 Å². The Kier molecular flexibility index (Phi) is 8.51. The van der Waals surface area contributed by atoms with Crippen LogP contribution in [-0.2, 0) is 4.79 Å². The predicted octanol–water partition coefficient (Wildman–Crippen LogP) is 2.74. The Morgan fingerprint density at radius 3 is 2.67 bits per heavy atom. The lowest BCUT2D eigenvalue weighted by molar-refractivity contribution is -0.121. The summed E-state index contributed by atoms with van der Waals surface area (Å²) in [5, 5.41) is 11.5. The number of aryl methyl sites for hydroxylation is 2. The van der Waals surface area contributed by atoms with E-state index in [2.05, 4.69) is 11.4 Å². The zero-order valence-electron chi connectivity index (χ0n) is 13.2. The molecular weight excluding hydrogens is 266 g/mol. The molecule has 0 spiro atoms. The first-order chi connectivity index (χ1) is 10.1. The standard InChI is InChI=1S/C17H27NO3/c1-14-7-8-16(15(2)13-14)21-12-9-17(20)18-10-5-3-4-6-11-19/h7-8,13,19H,3-6,9-12H2,1-2H3,(H,18,20). The monoisotopic (exact) mass is 293 g/mol. The van der Waals surface area contributed by atoms with Crippen LogP contribution < -0.4 is 10.1 Å². The van der Waals surface area contributed by atoms with Crippen molar-refractivity contribution in [2.75, 3.05) is 19.8 Å². The van der Waals surface area contributed by atoms with Crippen LogP contribution in [0.25, 0.3) is 0 Å². The van der Waals surface area contributed by atoms with Gasteiger partial charge in [-0.2, -0.15) is 0 Å². The fourth-order valence-corrected chi connectivity index (χ4v) is 2.12. The molecule has 0 atom stereocenters. The van der Waals surface area contributed by atoms with E-state index in [-0.39, 0.29) is 12.5 Å². The topological polar surface area (TPSA) is 58.6 Å². The first-order valence-corrected chi connectivity index (χ1v) is 7.71. The summed E-state index contributed by atoms with van der Waals surface area (Å²) in [4.78, 5) is 11.6. The normalized spacial score (nSPS) is 10.4. The van der Waals surface area contributed by atoms with Crippen molar-refractivity contribution in [1.29, 1.82) is 0 Å². The Labute approximate surface area is 127 Å². The van der Waals surface area contributed by atoms with E-state index in [0.29, 0.717) is 19.6 Å². The van der Waals surface area contributed by atoms with Crippen molar-refractivity contribution in [2.45, 2.75) is 46.0 Å². The maximum absolute atomic E-state index is 11.6. The van der Waals surface area contributed by atoms with E-state index in [1.165, 1.54) is 5.56 Å². The molecule has 0 radical (unpaired) electrons. The fraction of sp³-hybridized carbons (Fsp3) is 0.588. The summed E-state index contributed by atoms with van der Waals surface area (Å²) in [5.41, 5.74) is 2.30. The molecule has 21 heavy (non-hydrogen) atoms. The lowest BCUT2D eigenvalue weighted by atomic mass is 10.1. The second kappa shape index (κ2) is 10.2. The molecule has 0 aliphatic heterocycles. The minimum Gasteiger partial charge on any atom is -0.493 e. The average Bonchev–Trinajstić information content (AvgIpc) is 2.45. The summed E-state index contributed by atoms with van der Waals surface area (Å²) in [5.74, 6) is 0.874. The second-order valence-electron chi connectivity index (χ2n) is 5.36. The molecule has 2 N–H and O–H groups in total. The molecule has 118 valence electrons. The van der Waals surface area contributed by atoms with Gasteiger partial charge in [-0.1, -0.05) is 30.5 Å². The van der Waals surface area contributed by atoms with Crippen LogP contribution in [-0.4, -0.2) is 30.8 Å². The van der Waals surface area contributed by atoms with Gasteiger partial charge in [0.15, 0.2) is 0 Å². The van der Waals surface area contributed by atoms with Crippen LogP contribution in [0, 0.1) is 13.8 Å². The minimum atomic E-state index is 0.0296. The molecule has 1 amide bonds. The van der Waals surface area contributed by atoms with Gasteiger partial charge in [0.05, 0.1) is 13.0 Å². The van der Waals surface area contributed by atoms with E-state index in [0.717, 1.165) is 37.0 Å². The van der Waals surface area contributed by atoms with Gasteiger partial charge < -0.3 is 15.2 Å². The van der Waals surface area contributed by atoms with Crippen molar-refractivity contribution >= 4 is 5.91 Å². The van der Waals surface area contributed by atoms with E-state index in [9.17, 15) is 4.79 Å². The third kappa shape index (κ3) is 7.71. The summed E-state index contributed by atoms with van der Waals surface area (Å²) >= 11 is 0. The quantitative estimate of drug-likeness (QED) is 0.652. The number of rotatable bonds is 10. The van der Waals surface area contributed by atoms with Gasteiger partial charge in [0.2, 0.25) is 5.91 Å². The molecule has 1 aromatic carbocycles. The maximum atomic E-state index is 11.6. The molecule has 0 aromatic heterocycles. The van der Waals surface area contributed by atoms with Crippen LogP contribution in [0.3, 0.4) is 0 Å². The number of benzene rings is 1. The number of aliphatic hydroxyl groups excluding tert-OH is 1. The first kappa shape index (κ1) is 17.5.